The van der Waals surface area contributed by atoms with Crippen molar-refractivity contribution in [1.29, 1.82) is 0 Å². The van der Waals surface area contributed by atoms with Crippen molar-refractivity contribution < 1.29 is 19.3 Å². The summed E-state index contributed by atoms with van der Waals surface area (Å²) in [5, 5.41) is 13.2. The van der Waals surface area contributed by atoms with Gasteiger partial charge in [0.25, 0.3) is 0 Å². The predicted octanol–water partition coefficient (Wildman–Crippen LogP) is 1.69. The van der Waals surface area contributed by atoms with E-state index in [9.17, 15) is 5.11 Å². The van der Waals surface area contributed by atoms with Crippen molar-refractivity contribution in [3.63, 3.8) is 0 Å². The lowest BCUT2D eigenvalue weighted by Gasteiger charge is -2.23. The van der Waals surface area contributed by atoms with Crippen LogP contribution in [0.25, 0.3) is 5.57 Å². The predicted molar refractivity (Wildman–Crippen MR) is 90.3 cm³/mol. The summed E-state index contributed by atoms with van der Waals surface area (Å²) in [5.41, 5.74) is 7.61. The van der Waals surface area contributed by atoms with E-state index in [0.717, 1.165) is 15.6 Å². The highest BCUT2D eigenvalue weighted by atomic mass is 79.9. The molecule has 2 atom stereocenters. The smallest absolute Gasteiger partial charge is 0.161 e. The Morgan fingerprint density at radius 3 is 2.96 bits per heavy atom. The third-order valence-electron chi connectivity index (χ3n) is 3.61. The van der Waals surface area contributed by atoms with Crippen LogP contribution >= 0.6 is 15.9 Å². The molecule has 0 radical (unpaired) electrons. The maximum Gasteiger partial charge on any atom is 0.161 e. The topological polar surface area (TPSA) is 86.0 Å². The van der Waals surface area contributed by atoms with Crippen molar-refractivity contribution in [1.82, 2.24) is 5.32 Å². The second kappa shape index (κ2) is 7.35. The van der Waals surface area contributed by atoms with Gasteiger partial charge in [-0.1, -0.05) is 22.0 Å². The molecule has 0 aromatic heterocycles. The quantitative estimate of drug-likeness (QED) is 0.734. The van der Waals surface area contributed by atoms with Gasteiger partial charge in [0, 0.05) is 10.7 Å². The highest BCUT2D eigenvalue weighted by Gasteiger charge is 2.17. The Kier molecular flexibility index (Phi) is 5.22. The maximum absolute atomic E-state index is 10.2. The van der Waals surface area contributed by atoms with Gasteiger partial charge in [0.1, 0.15) is 18.9 Å². The fraction of sp³-hybridized carbons (Fsp3) is 0.375. The summed E-state index contributed by atoms with van der Waals surface area (Å²) in [5.74, 6) is 0.506. The molecule has 1 fully saturated rings. The highest BCUT2D eigenvalue weighted by molar-refractivity contribution is 9.11. The molecule has 1 saturated heterocycles. The van der Waals surface area contributed by atoms with Crippen LogP contribution in [0.5, 0.6) is 11.5 Å². The van der Waals surface area contributed by atoms with E-state index >= 15 is 0 Å². The number of hydrogen-bond acceptors (Lipinski definition) is 6. The first-order chi connectivity index (χ1) is 11.1. The molecule has 3 rings (SSSR count). The Morgan fingerprint density at radius 1 is 1.39 bits per heavy atom. The number of aromatic hydroxyl groups is 1. The monoisotopic (exact) mass is 382 g/mol. The van der Waals surface area contributed by atoms with Crippen LogP contribution in [-0.4, -0.2) is 43.8 Å². The fourth-order valence-electron chi connectivity index (χ4n) is 2.34. The minimum atomic E-state index is -0.243. The Labute approximate surface area is 143 Å². The van der Waals surface area contributed by atoms with Gasteiger partial charge in [-0.15, -0.1) is 0 Å². The zero-order valence-corrected chi connectivity index (χ0v) is 14.1. The normalized spacial score (nSPS) is 24.4. The number of nitrogens with one attached hydrogen (secondary N) is 1. The van der Waals surface area contributed by atoms with E-state index in [2.05, 4.69) is 21.2 Å². The molecule has 1 aromatic carbocycles. The van der Waals surface area contributed by atoms with Crippen LogP contribution in [-0.2, 0) is 9.47 Å². The Bertz CT molecular complexity index is 627. The summed E-state index contributed by atoms with van der Waals surface area (Å²) in [6, 6.07) is 5.29. The molecular weight excluding hydrogens is 364 g/mol. The van der Waals surface area contributed by atoms with Crippen LogP contribution in [0, 0.1) is 0 Å². The molecule has 6 nitrogen and oxygen atoms in total. The summed E-state index contributed by atoms with van der Waals surface area (Å²) in [6.07, 6.45) is 3.39. The average Bonchev–Trinajstić information content (AvgIpc) is 2.57. The van der Waals surface area contributed by atoms with Crippen molar-refractivity contribution in [2.24, 2.45) is 5.73 Å². The average molecular weight is 383 g/mol. The summed E-state index contributed by atoms with van der Waals surface area (Å²) in [6.45, 7) is 2.05. The van der Waals surface area contributed by atoms with E-state index in [1.165, 1.54) is 0 Å². The molecule has 1 unspecified atom stereocenters. The molecule has 2 aliphatic heterocycles. The lowest BCUT2D eigenvalue weighted by molar-refractivity contribution is -0.101. The van der Waals surface area contributed by atoms with Crippen LogP contribution in [0.2, 0.25) is 0 Å². The highest BCUT2D eigenvalue weighted by Crippen LogP contribution is 2.32. The van der Waals surface area contributed by atoms with Crippen LogP contribution < -0.4 is 15.8 Å². The maximum atomic E-state index is 10.2. The minimum Gasteiger partial charge on any atom is -0.504 e. The van der Waals surface area contributed by atoms with Crippen molar-refractivity contribution in [2.45, 2.75) is 12.3 Å². The lowest BCUT2D eigenvalue weighted by Crippen LogP contribution is -2.35. The Hall–Kier alpha value is -1.54. The number of dihydropyridines is 1. The first-order valence-electron chi connectivity index (χ1n) is 7.38. The number of benzene rings is 1. The molecule has 2 heterocycles. The van der Waals surface area contributed by atoms with E-state index in [-0.39, 0.29) is 18.0 Å². The first-order valence-corrected chi connectivity index (χ1v) is 8.17. The van der Waals surface area contributed by atoms with Gasteiger partial charge in [-0.05, 0) is 29.3 Å². The van der Waals surface area contributed by atoms with Gasteiger partial charge in [0.05, 0.1) is 19.8 Å². The number of phenols is 1. The Morgan fingerprint density at radius 2 is 2.26 bits per heavy atom. The van der Waals surface area contributed by atoms with Gasteiger partial charge in [0.2, 0.25) is 0 Å². The van der Waals surface area contributed by atoms with E-state index in [1.54, 1.807) is 12.1 Å². The standard InChI is InChI=1S/C16H19BrN2O4/c17-13-5-11(7-19-16(13)18)10-1-2-15(14(20)6-10)23-9-12-8-21-3-4-22-12/h1-2,5-7,12,16,19-20H,3-4,8-9,18H2/t12-,16?/m0/s1. The molecule has 124 valence electrons. The second-order valence-electron chi connectivity index (χ2n) is 5.33. The second-order valence-corrected chi connectivity index (χ2v) is 6.25. The molecule has 23 heavy (non-hydrogen) atoms. The largest absolute Gasteiger partial charge is 0.504 e. The summed E-state index contributed by atoms with van der Waals surface area (Å²) in [7, 11) is 0. The van der Waals surface area contributed by atoms with E-state index in [4.69, 9.17) is 19.9 Å². The van der Waals surface area contributed by atoms with Crippen molar-refractivity contribution in [2.75, 3.05) is 26.4 Å². The van der Waals surface area contributed by atoms with Gasteiger partial charge in [-0.2, -0.15) is 0 Å². The van der Waals surface area contributed by atoms with Crippen LogP contribution in [0.3, 0.4) is 0 Å². The first kappa shape index (κ1) is 16.3. The van der Waals surface area contributed by atoms with Gasteiger partial charge < -0.3 is 30.4 Å². The fourth-order valence-corrected chi connectivity index (χ4v) is 2.72. The molecule has 0 amide bonds. The number of allylic oxidation sites excluding steroid dienone is 2. The molecular formula is C16H19BrN2O4. The zero-order valence-electron chi connectivity index (χ0n) is 12.5. The van der Waals surface area contributed by atoms with Crippen LogP contribution in [0.1, 0.15) is 5.56 Å². The third-order valence-corrected chi connectivity index (χ3v) is 4.33. The zero-order chi connectivity index (χ0) is 16.2. The molecule has 0 bridgehead atoms. The number of nitrogens with two attached hydrogens (primary N) is 1. The van der Waals surface area contributed by atoms with Gasteiger partial charge in [-0.3, -0.25) is 0 Å². The van der Waals surface area contributed by atoms with E-state index in [0.29, 0.717) is 32.2 Å². The number of halogens is 1. The van der Waals surface area contributed by atoms with Gasteiger partial charge in [-0.25, -0.2) is 0 Å². The molecule has 0 aliphatic carbocycles. The summed E-state index contributed by atoms with van der Waals surface area (Å²) in [4.78, 5) is 0. The number of phenolic OH excluding ortho intramolecular Hbond substituents is 1. The number of hydrogen-bond donors (Lipinski definition) is 3. The molecule has 7 heteroatoms. The van der Waals surface area contributed by atoms with E-state index < -0.39 is 0 Å². The van der Waals surface area contributed by atoms with Gasteiger partial charge >= 0.3 is 0 Å². The van der Waals surface area contributed by atoms with Crippen LogP contribution in [0.4, 0.5) is 0 Å². The molecule has 4 N–H and O–H groups in total. The Balaban J connectivity index is 1.66. The van der Waals surface area contributed by atoms with E-state index in [1.807, 2.05) is 18.3 Å². The van der Waals surface area contributed by atoms with Crippen molar-refractivity contribution in [3.05, 3.63) is 40.5 Å². The number of ether oxygens (including phenoxy) is 3. The number of rotatable bonds is 4. The van der Waals surface area contributed by atoms with Gasteiger partial charge in [0.15, 0.2) is 11.5 Å². The summed E-state index contributed by atoms with van der Waals surface area (Å²) >= 11 is 3.41. The molecule has 0 spiro atoms. The molecule has 0 saturated carbocycles. The third kappa shape index (κ3) is 4.06. The van der Waals surface area contributed by atoms with Crippen molar-refractivity contribution >= 4 is 21.5 Å². The molecule has 2 aliphatic rings. The lowest BCUT2D eigenvalue weighted by atomic mass is 10.0. The summed E-state index contributed by atoms with van der Waals surface area (Å²) < 4.78 is 17.3. The van der Waals surface area contributed by atoms with Crippen molar-refractivity contribution in [3.8, 4) is 11.5 Å². The SMILES string of the molecule is NC1NC=C(c2ccc(OC[C@@H]3COCCO3)c(O)c2)C=C1Br. The van der Waals surface area contributed by atoms with Crippen LogP contribution in [0.15, 0.2) is 35.0 Å². The molecule has 1 aromatic rings. The minimum absolute atomic E-state index is 0.0829.